The van der Waals surface area contributed by atoms with Gasteiger partial charge >= 0.3 is 0 Å². The maximum Gasteiger partial charge on any atom is 0.118 e. The monoisotopic (exact) mass is 233 g/mol. The van der Waals surface area contributed by atoms with Crippen molar-refractivity contribution in [1.82, 2.24) is 0 Å². The molecular formula is C15H23NO. The van der Waals surface area contributed by atoms with Gasteiger partial charge in [-0.3, -0.25) is 0 Å². The second kappa shape index (κ2) is 4.99. The van der Waals surface area contributed by atoms with E-state index in [0.717, 1.165) is 23.1 Å². The van der Waals surface area contributed by atoms with Crippen LogP contribution in [0.25, 0.3) is 0 Å². The molecule has 2 rings (SSSR count). The fraction of sp³-hybridized carbons (Fsp3) is 0.600. The van der Waals surface area contributed by atoms with Crippen LogP contribution < -0.4 is 5.32 Å². The lowest BCUT2D eigenvalue weighted by Gasteiger charge is -2.32. The number of phenolic OH excluding ortho intramolecular Hbond substituents is 1. The molecular weight excluding hydrogens is 210 g/mol. The number of phenols is 1. The minimum atomic E-state index is 0.376. The fourth-order valence-corrected chi connectivity index (χ4v) is 3.05. The normalized spacial score (nSPS) is 29.0. The Bertz CT molecular complexity index is 379. The van der Waals surface area contributed by atoms with Crippen LogP contribution in [0, 0.1) is 18.8 Å². The van der Waals surface area contributed by atoms with Gasteiger partial charge in [0.15, 0.2) is 0 Å². The summed E-state index contributed by atoms with van der Waals surface area (Å²) >= 11 is 0. The summed E-state index contributed by atoms with van der Waals surface area (Å²) in [5.74, 6) is 2.00. The van der Waals surface area contributed by atoms with Gasteiger partial charge in [0, 0.05) is 11.7 Å². The summed E-state index contributed by atoms with van der Waals surface area (Å²) in [7, 11) is 0. The van der Waals surface area contributed by atoms with Crippen LogP contribution in [0.3, 0.4) is 0 Å². The SMILES string of the molecule is Cc1cc(NC2CC(C)CC(C)C2)ccc1O. The number of aromatic hydroxyl groups is 1. The molecule has 0 aliphatic heterocycles. The van der Waals surface area contributed by atoms with Crippen LogP contribution in [-0.2, 0) is 0 Å². The van der Waals surface area contributed by atoms with Crippen molar-refractivity contribution in [2.75, 3.05) is 5.32 Å². The summed E-state index contributed by atoms with van der Waals surface area (Å²) in [6.45, 7) is 6.62. The molecule has 0 spiro atoms. The summed E-state index contributed by atoms with van der Waals surface area (Å²) in [4.78, 5) is 0. The van der Waals surface area contributed by atoms with Gasteiger partial charge in [-0.1, -0.05) is 13.8 Å². The first-order valence-electron chi connectivity index (χ1n) is 6.60. The number of benzene rings is 1. The number of hydrogen-bond donors (Lipinski definition) is 2. The minimum absolute atomic E-state index is 0.376. The highest BCUT2D eigenvalue weighted by atomic mass is 16.3. The predicted octanol–water partition coefficient (Wildman–Crippen LogP) is 3.94. The van der Waals surface area contributed by atoms with Gasteiger partial charge in [-0.15, -0.1) is 0 Å². The lowest BCUT2D eigenvalue weighted by atomic mass is 9.80. The van der Waals surface area contributed by atoms with Crippen LogP contribution in [0.4, 0.5) is 5.69 Å². The van der Waals surface area contributed by atoms with Crippen molar-refractivity contribution in [3.8, 4) is 5.75 Å². The van der Waals surface area contributed by atoms with Crippen LogP contribution in [0.2, 0.25) is 0 Å². The second-order valence-corrected chi connectivity index (χ2v) is 5.76. The largest absolute Gasteiger partial charge is 0.508 e. The molecule has 1 aliphatic carbocycles. The fourth-order valence-electron chi connectivity index (χ4n) is 3.05. The average molecular weight is 233 g/mol. The molecule has 1 fully saturated rings. The van der Waals surface area contributed by atoms with Gasteiger partial charge in [0.2, 0.25) is 0 Å². The summed E-state index contributed by atoms with van der Waals surface area (Å²) in [5.41, 5.74) is 2.07. The molecule has 2 heteroatoms. The summed E-state index contributed by atoms with van der Waals surface area (Å²) in [6.07, 6.45) is 3.86. The van der Waals surface area contributed by atoms with Gasteiger partial charge in [0.25, 0.3) is 0 Å². The van der Waals surface area contributed by atoms with Gasteiger partial charge in [-0.2, -0.15) is 0 Å². The second-order valence-electron chi connectivity index (χ2n) is 5.76. The molecule has 1 aliphatic rings. The lowest BCUT2D eigenvalue weighted by Crippen LogP contribution is -2.30. The average Bonchev–Trinajstić information content (AvgIpc) is 2.22. The van der Waals surface area contributed by atoms with E-state index >= 15 is 0 Å². The molecule has 94 valence electrons. The van der Waals surface area contributed by atoms with Crippen molar-refractivity contribution < 1.29 is 5.11 Å². The van der Waals surface area contributed by atoms with E-state index < -0.39 is 0 Å². The summed E-state index contributed by atoms with van der Waals surface area (Å²) in [6, 6.07) is 6.34. The van der Waals surface area contributed by atoms with Gasteiger partial charge in [0.1, 0.15) is 5.75 Å². The van der Waals surface area contributed by atoms with Crippen LogP contribution in [0.15, 0.2) is 18.2 Å². The van der Waals surface area contributed by atoms with Gasteiger partial charge in [-0.05, 0) is 61.8 Å². The Balaban J connectivity index is 2.02. The first kappa shape index (κ1) is 12.3. The molecule has 0 saturated heterocycles. The van der Waals surface area contributed by atoms with E-state index in [9.17, 15) is 5.11 Å². The molecule has 1 aromatic rings. The van der Waals surface area contributed by atoms with E-state index in [0.29, 0.717) is 11.8 Å². The highest BCUT2D eigenvalue weighted by molar-refractivity contribution is 5.50. The Morgan fingerprint density at radius 3 is 2.35 bits per heavy atom. The number of hydrogen-bond acceptors (Lipinski definition) is 2. The molecule has 2 N–H and O–H groups in total. The molecule has 2 atom stereocenters. The summed E-state index contributed by atoms with van der Waals surface area (Å²) in [5, 5.41) is 13.1. The third kappa shape index (κ3) is 3.15. The van der Waals surface area contributed by atoms with E-state index in [1.54, 1.807) is 6.07 Å². The first-order valence-corrected chi connectivity index (χ1v) is 6.60. The Hall–Kier alpha value is -1.18. The van der Waals surface area contributed by atoms with Crippen molar-refractivity contribution in [2.24, 2.45) is 11.8 Å². The molecule has 2 nitrogen and oxygen atoms in total. The molecule has 17 heavy (non-hydrogen) atoms. The molecule has 0 radical (unpaired) electrons. The van der Waals surface area contributed by atoms with Crippen molar-refractivity contribution in [2.45, 2.75) is 46.1 Å². The zero-order valence-corrected chi connectivity index (χ0v) is 11.0. The number of aryl methyl sites for hydroxylation is 1. The van der Waals surface area contributed by atoms with Crippen molar-refractivity contribution in [3.05, 3.63) is 23.8 Å². The van der Waals surface area contributed by atoms with E-state index in [2.05, 4.69) is 19.2 Å². The van der Waals surface area contributed by atoms with Crippen molar-refractivity contribution >= 4 is 5.69 Å². The third-order valence-corrected chi connectivity index (χ3v) is 3.75. The third-order valence-electron chi connectivity index (χ3n) is 3.75. The highest BCUT2D eigenvalue weighted by Gasteiger charge is 2.23. The van der Waals surface area contributed by atoms with E-state index in [1.807, 2.05) is 19.1 Å². The zero-order valence-electron chi connectivity index (χ0n) is 11.0. The maximum absolute atomic E-state index is 9.51. The highest BCUT2D eigenvalue weighted by Crippen LogP contribution is 2.31. The standard InChI is InChI=1S/C15H23NO/c1-10-6-11(2)8-14(7-10)16-13-4-5-15(17)12(3)9-13/h4-5,9-11,14,16-17H,6-8H2,1-3H3. The Morgan fingerprint density at radius 1 is 1.12 bits per heavy atom. The van der Waals surface area contributed by atoms with Gasteiger partial charge < -0.3 is 10.4 Å². The van der Waals surface area contributed by atoms with E-state index in [1.165, 1.54) is 19.3 Å². The smallest absolute Gasteiger partial charge is 0.118 e. The topological polar surface area (TPSA) is 32.3 Å². The lowest BCUT2D eigenvalue weighted by molar-refractivity contribution is 0.281. The van der Waals surface area contributed by atoms with Crippen molar-refractivity contribution in [1.29, 1.82) is 0 Å². The number of anilines is 1. The summed E-state index contributed by atoms with van der Waals surface area (Å²) < 4.78 is 0. The first-order chi connectivity index (χ1) is 8.04. The zero-order chi connectivity index (χ0) is 12.4. The molecule has 1 saturated carbocycles. The van der Waals surface area contributed by atoms with Gasteiger partial charge in [0.05, 0.1) is 0 Å². The minimum Gasteiger partial charge on any atom is -0.508 e. The maximum atomic E-state index is 9.51. The van der Waals surface area contributed by atoms with Gasteiger partial charge in [-0.25, -0.2) is 0 Å². The number of nitrogens with one attached hydrogen (secondary N) is 1. The van der Waals surface area contributed by atoms with Crippen molar-refractivity contribution in [3.63, 3.8) is 0 Å². The van der Waals surface area contributed by atoms with E-state index in [-0.39, 0.29) is 0 Å². The van der Waals surface area contributed by atoms with Crippen LogP contribution in [0.5, 0.6) is 5.75 Å². The molecule has 1 aromatic carbocycles. The Morgan fingerprint density at radius 2 is 1.76 bits per heavy atom. The molecule has 0 amide bonds. The predicted molar refractivity (Wildman–Crippen MR) is 72.4 cm³/mol. The Labute approximate surface area is 104 Å². The molecule has 0 bridgehead atoms. The van der Waals surface area contributed by atoms with E-state index in [4.69, 9.17) is 0 Å². The molecule has 2 unspecified atom stereocenters. The Kier molecular flexibility index (Phi) is 3.60. The number of rotatable bonds is 2. The molecule has 0 heterocycles. The van der Waals surface area contributed by atoms with Crippen LogP contribution in [-0.4, -0.2) is 11.1 Å². The molecule has 0 aromatic heterocycles. The quantitative estimate of drug-likeness (QED) is 0.758. The van der Waals surface area contributed by atoms with Crippen LogP contribution >= 0.6 is 0 Å². The van der Waals surface area contributed by atoms with Crippen LogP contribution in [0.1, 0.15) is 38.7 Å².